The van der Waals surface area contributed by atoms with Crippen molar-refractivity contribution in [1.82, 2.24) is 19.8 Å². The van der Waals surface area contributed by atoms with Crippen LogP contribution in [0.5, 0.6) is 5.75 Å². The number of aromatic nitrogens is 2. The van der Waals surface area contributed by atoms with Crippen LogP contribution in [0.25, 0.3) is 21.8 Å². The Bertz CT molecular complexity index is 1670. The number of H-pyrrole nitrogens is 1. The highest BCUT2D eigenvalue weighted by atomic mass is 35.5. The number of halogens is 1. The number of carbonyl (C=O) groups excluding carboxylic acids is 1. The fourth-order valence-corrected chi connectivity index (χ4v) is 5.89. The molecule has 1 amide bonds. The van der Waals surface area contributed by atoms with Crippen LogP contribution >= 0.6 is 11.6 Å². The van der Waals surface area contributed by atoms with Gasteiger partial charge in [-0.25, -0.2) is 0 Å². The van der Waals surface area contributed by atoms with E-state index in [9.17, 15) is 4.79 Å². The Morgan fingerprint density at radius 1 is 1.02 bits per heavy atom. The molecule has 1 saturated heterocycles. The maximum Gasteiger partial charge on any atom is 0.270 e. The third-order valence-corrected chi connectivity index (χ3v) is 8.03. The van der Waals surface area contributed by atoms with Gasteiger partial charge in [-0.15, -0.1) is 0 Å². The molecule has 5 aromatic rings. The Balaban J connectivity index is 1.05. The number of nitrogens with zero attached hydrogens (tertiary/aromatic N) is 3. The molecule has 40 heavy (non-hydrogen) atoms. The van der Waals surface area contributed by atoms with E-state index < -0.39 is 0 Å². The van der Waals surface area contributed by atoms with E-state index >= 15 is 0 Å². The van der Waals surface area contributed by atoms with Crippen LogP contribution in [-0.2, 0) is 13.1 Å². The van der Waals surface area contributed by atoms with Gasteiger partial charge in [-0.2, -0.15) is 0 Å². The van der Waals surface area contributed by atoms with E-state index in [4.69, 9.17) is 16.3 Å². The number of aryl methyl sites for hydroxylation is 1. The van der Waals surface area contributed by atoms with E-state index in [0.717, 1.165) is 53.7 Å². The van der Waals surface area contributed by atoms with Crippen molar-refractivity contribution >= 4 is 39.3 Å². The number of carbonyl (C=O) groups is 1. The largest absolute Gasteiger partial charge is 0.490 e. The molecule has 1 fully saturated rings. The normalized spacial score (nSPS) is 14.3. The number of aromatic amines is 1. The van der Waals surface area contributed by atoms with Crippen molar-refractivity contribution in [3.05, 3.63) is 106 Å². The Morgan fingerprint density at radius 2 is 1.85 bits per heavy atom. The van der Waals surface area contributed by atoms with Gasteiger partial charge in [0, 0.05) is 66.5 Å². The molecule has 0 atom stereocenters. The van der Waals surface area contributed by atoms with Crippen molar-refractivity contribution in [2.24, 2.45) is 0 Å². The van der Waals surface area contributed by atoms with Crippen molar-refractivity contribution in [3.8, 4) is 5.75 Å². The lowest BCUT2D eigenvalue weighted by Crippen LogP contribution is -2.42. The highest BCUT2D eigenvalue weighted by molar-refractivity contribution is 6.31. The summed E-state index contributed by atoms with van der Waals surface area (Å²) >= 11 is 6.17. The molecule has 7 heteroatoms. The van der Waals surface area contributed by atoms with E-state index in [1.807, 2.05) is 48.4 Å². The number of fused-ring (bicyclic) bond motifs is 2. The summed E-state index contributed by atoms with van der Waals surface area (Å²) in [5.74, 6) is 0.920. The molecule has 3 heterocycles. The predicted molar refractivity (Wildman–Crippen MR) is 161 cm³/mol. The summed E-state index contributed by atoms with van der Waals surface area (Å²) < 4.78 is 6.38. The van der Waals surface area contributed by atoms with Gasteiger partial charge in [-0.1, -0.05) is 41.9 Å². The Labute approximate surface area is 239 Å². The maximum absolute atomic E-state index is 13.3. The third kappa shape index (κ3) is 5.55. The van der Waals surface area contributed by atoms with Crippen LogP contribution in [0.1, 0.15) is 40.0 Å². The number of ether oxygens (including phenoxy) is 1. The predicted octanol–water partition coefficient (Wildman–Crippen LogP) is 6.99. The minimum Gasteiger partial charge on any atom is -0.490 e. The quantitative estimate of drug-likeness (QED) is 0.236. The monoisotopic (exact) mass is 552 g/mol. The van der Waals surface area contributed by atoms with Crippen LogP contribution in [0.15, 0.2) is 79.0 Å². The summed E-state index contributed by atoms with van der Waals surface area (Å²) in [7, 11) is 2.14. The van der Waals surface area contributed by atoms with E-state index in [0.29, 0.717) is 23.8 Å². The number of likely N-dealkylation sites (tertiary alicyclic amines) is 1. The Morgan fingerprint density at radius 3 is 2.70 bits per heavy atom. The molecule has 0 spiro atoms. The smallest absolute Gasteiger partial charge is 0.270 e. The lowest BCUT2D eigenvalue weighted by Gasteiger charge is -2.32. The van der Waals surface area contributed by atoms with Crippen LogP contribution in [-0.4, -0.2) is 51.9 Å². The second-order valence-electron chi connectivity index (χ2n) is 10.7. The molecule has 0 bridgehead atoms. The molecule has 1 aliphatic rings. The molecule has 6 nitrogen and oxygen atoms in total. The van der Waals surface area contributed by atoms with E-state index in [1.165, 1.54) is 16.5 Å². The van der Waals surface area contributed by atoms with Crippen LogP contribution < -0.4 is 4.74 Å². The number of benzene rings is 3. The maximum atomic E-state index is 13.3. The molecule has 204 valence electrons. The van der Waals surface area contributed by atoms with Gasteiger partial charge in [0.1, 0.15) is 17.5 Å². The minimum absolute atomic E-state index is 0.0373. The van der Waals surface area contributed by atoms with Crippen molar-refractivity contribution < 1.29 is 9.53 Å². The van der Waals surface area contributed by atoms with Gasteiger partial charge in [0.25, 0.3) is 5.91 Å². The molecular weight excluding hydrogens is 520 g/mol. The fraction of sp³-hybridized carbons (Fsp3) is 0.273. The fourth-order valence-electron chi connectivity index (χ4n) is 5.72. The van der Waals surface area contributed by atoms with Gasteiger partial charge >= 0.3 is 0 Å². The average Bonchev–Trinajstić information content (AvgIpc) is 3.29. The standard InChI is InChI=1S/C33H33ClN4O2/c1-22-29-19-25(34)11-12-31(29)36-32(22)33(39)38-16-13-26(14-17-38)40-27-8-3-6-23(18-27)20-37(2)21-24-7-4-10-30-28(24)9-5-15-35-30/h3-12,15,18-19,26,36H,13-14,16-17,20-21H2,1-2H3. The first kappa shape index (κ1) is 26.4. The zero-order chi connectivity index (χ0) is 27.6. The van der Waals surface area contributed by atoms with Crippen LogP contribution in [0, 0.1) is 6.92 Å². The molecule has 0 radical (unpaired) electrons. The first-order valence-electron chi connectivity index (χ1n) is 13.8. The summed E-state index contributed by atoms with van der Waals surface area (Å²) in [6.07, 6.45) is 3.53. The number of pyridine rings is 1. The summed E-state index contributed by atoms with van der Waals surface area (Å²) in [5.41, 5.74) is 6.03. The molecule has 1 N–H and O–H groups in total. The second-order valence-corrected chi connectivity index (χ2v) is 11.2. The Hall–Kier alpha value is -3.87. The number of hydrogen-bond acceptors (Lipinski definition) is 4. The summed E-state index contributed by atoms with van der Waals surface area (Å²) in [4.78, 5) is 25.3. The molecule has 3 aromatic carbocycles. The Kier molecular flexibility index (Phi) is 7.46. The lowest BCUT2D eigenvalue weighted by molar-refractivity contribution is 0.0590. The highest BCUT2D eigenvalue weighted by Gasteiger charge is 2.27. The lowest BCUT2D eigenvalue weighted by atomic mass is 10.1. The summed E-state index contributed by atoms with van der Waals surface area (Å²) in [5, 5.41) is 2.86. The van der Waals surface area contributed by atoms with Crippen molar-refractivity contribution in [2.45, 2.75) is 39.0 Å². The molecule has 1 aliphatic heterocycles. The topological polar surface area (TPSA) is 61.5 Å². The van der Waals surface area contributed by atoms with Gasteiger partial charge in [0.15, 0.2) is 0 Å². The minimum atomic E-state index is 0.0373. The molecule has 2 aromatic heterocycles. The van der Waals surface area contributed by atoms with Gasteiger partial charge in [-0.3, -0.25) is 14.7 Å². The molecular formula is C33H33ClN4O2. The summed E-state index contributed by atoms with van der Waals surface area (Å²) in [6.45, 7) is 4.96. The number of nitrogens with one attached hydrogen (secondary N) is 1. The summed E-state index contributed by atoms with van der Waals surface area (Å²) in [6, 6.07) is 24.5. The SMILES string of the molecule is Cc1c(C(=O)N2CCC(Oc3cccc(CN(C)Cc4cccc5ncccc45)c3)CC2)[nH]c2ccc(Cl)cc12. The molecule has 0 unspecified atom stereocenters. The van der Waals surface area contributed by atoms with Crippen LogP contribution in [0.2, 0.25) is 5.02 Å². The molecule has 0 aliphatic carbocycles. The van der Waals surface area contributed by atoms with Crippen LogP contribution in [0.4, 0.5) is 0 Å². The number of amides is 1. The first-order chi connectivity index (χ1) is 19.4. The van der Waals surface area contributed by atoms with E-state index in [-0.39, 0.29) is 12.0 Å². The average molecular weight is 553 g/mol. The number of hydrogen-bond donors (Lipinski definition) is 1. The third-order valence-electron chi connectivity index (χ3n) is 7.79. The van der Waals surface area contributed by atoms with Crippen molar-refractivity contribution in [3.63, 3.8) is 0 Å². The molecule has 0 saturated carbocycles. The highest BCUT2D eigenvalue weighted by Crippen LogP contribution is 2.27. The van der Waals surface area contributed by atoms with Crippen LogP contribution in [0.3, 0.4) is 0 Å². The van der Waals surface area contributed by atoms with Gasteiger partial charge in [0.05, 0.1) is 5.52 Å². The zero-order valence-electron chi connectivity index (χ0n) is 22.9. The van der Waals surface area contributed by atoms with E-state index in [1.54, 1.807) is 0 Å². The van der Waals surface area contributed by atoms with Crippen molar-refractivity contribution in [1.29, 1.82) is 0 Å². The van der Waals surface area contributed by atoms with Gasteiger partial charge in [0.2, 0.25) is 0 Å². The zero-order valence-corrected chi connectivity index (χ0v) is 23.6. The second kappa shape index (κ2) is 11.3. The number of rotatable bonds is 7. The van der Waals surface area contributed by atoms with Crippen molar-refractivity contribution in [2.75, 3.05) is 20.1 Å². The van der Waals surface area contributed by atoms with E-state index in [2.05, 4.69) is 64.4 Å². The van der Waals surface area contributed by atoms with Gasteiger partial charge < -0.3 is 14.6 Å². The molecule has 6 rings (SSSR count). The number of piperidine rings is 1. The van der Waals surface area contributed by atoms with Gasteiger partial charge in [-0.05, 0) is 73.1 Å². The first-order valence-corrected chi connectivity index (χ1v) is 14.2.